The van der Waals surface area contributed by atoms with E-state index in [0.29, 0.717) is 0 Å². The van der Waals surface area contributed by atoms with Crippen LogP contribution in [0.25, 0.3) is 6.08 Å². The predicted molar refractivity (Wildman–Crippen MR) is 90.0 cm³/mol. The number of hydrazine groups is 1. The fraction of sp³-hybridized carbons (Fsp3) is 0.412. The van der Waals surface area contributed by atoms with Crippen LogP contribution in [0.5, 0.6) is 0 Å². The maximum atomic E-state index is 12.0. The van der Waals surface area contributed by atoms with Crippen LogP contribution in [0.15, 0.2) is 41.5 Å². The Kier molecular flexibility index (Phi) is 5.46. The third kappa shape index (κ3) is 4.79. The molecule has 0 bridgehead atoms. The van der Waals surface area contributed by atoms with E-state index < -0.39 is 0 Å². The molecule has 3 N–H and O–H groups in total. The van der Waals surface area contributed by atoms with Crippen LogP contribution >= 0.6 is 0 Å². The average Bonchev–Trinajstić information content (AvgIpc) is 2.98. The molecule has 0 radical (unpaired) electrons. The van der Waals surface area contributed by atoms with Crippen molar-refractivity contribution < 1.29 is 4.79 Å². The van der Waals surface area contributed by atoms with Crippen molar-refractivity contribution in [1.82, 2.24) is 16.3 Å². The van der Waals surface area contributed by atoms with Gasteiger partial charge in [-0.3, -0.25) is 10.2 Å². The molecule has 2 unspecified atom stereocenters. The largest absolute Gasteiger partial charge is 0.271 e. The Morgan fingerprint density at radius 1 is 1.27 bits per heavy atom. The van der Waals surface area contributed by atoms with Crippen molar-refractivity contribution in [2.45, 2.75) is 39.3 Å². The van der Waals surface area contributed by atoms with Gasteiger partial charge in [-0.05, 0) is 23.5 Å². The lowest BCUT2D eigenvalue weighted by Crippen LogP contribution is -2.43. The van der Waals surface area contributed by atoms with Gasteiger partial charge in [-0.25, -0.2) is 10.9 Å². The number of carbonyl (C=O) groups excluding carboxylic acids is 1. The molecule has 5 nitrogen and oxygen atoms in total. The van der Waals surface area contributed by atoms with Crippen LogP contribution in [0.2, 0.25) is 0 Å². The molecular weight excluding hydrogens is 276 g/mol. The zero-order chi connectivity index (χ0) is 16.0. The molecule has 1 aliphatic heterocycles. The van der Waals surface area contributed by atoms with E-state index in [1.54, 1.807) is 12.3 Å². The Morgan fingerprint density at radius 3 is 2.64 bits per heavy atom. The molecule has 22 heavy (non-hydrogen) atoms. The van der Waals surface area contributed by atoms with Crippen LogP contribution in [-0.4, -0.2) is 24.2 Å². The van der Waals surface area contributed by atoms with E-state index in [0.717, 1.165) is 12.0 Å². The van der Waals surface area contributed by atoms with E-state index in [-0.39, 0.29) is 23.4 Å². The van der Waals surface area contributed by atoms with E-state index in [2.05, 4.69) is 42.1 Å². The maximum absolute atomic E-state index is 12.0. The second kappa shape index (κ2) is 7.33. The standard InChI is InChI=1S/C17H24N4O/c1-17(2,3)15-12-14(19-20-15)16(22)21-18-11-7-10-13-8-5-4-6-9-13/h4-11,14-15,19-20H,12H2,1-3H3,(H,21,22)/b10-7+,18-11+. The summed E-state index contributed by atoms with van der Waals surface area (Å²) in [5.41, 5.74) is 9.97. The van der Waals surface area contributed by atoms with Crippen molar-refractivity contribution in [3.05, 3.63) is 42.0 Å². The number of nitrogens with one attached hydrogen (secondary N) is 3. The molecular formula is C17H24N4O. The van der Waals surface area contributed by atoms with Crippen LogP contribution < -0.4 is 16.3 Å². The van der Waals surface area contributed by atoms with Crippen LogP contribution in [0.4, 0.5) is 0 Å². The lowest BCUT2D eigenvalue weighted by molar-refractivity contribution is -0.122. The zero-order valence-corrected chi connectivity index (χ0v) is 13.3. The lowest BCUT2D eigenvalue weighted by atomic mass is 9.84. The van der Waals surface area contributed by atoms with Gasteiger partial charge in [0.15, 0.2) is 0 Å². The van der Waals surface area contributed by atoms with E-state index in [1.165, 1.54) is 0 Å². The number of allylic oxidation sites excluding steroid dienone is 1. The summed E-state index contributed by atoms with van der Waals surface area (Å²) in [5, 5.41) is 3.94. The fourth-order valence-corrected chi connectivity index (χ4v) is 2.24. The Hall–Kier alpha value is -1.98. The summed E-state index contributed by atoms with van der Waals surface area (Å²) >= 11 is 0. The smallest absolute Gasteiger partial charge is 0.258 e. The molecule has 1 amide bonds. The number of carbonyl (C=O) groups is 1. The Morgan fingerprint density at radius 2 is 2.00 bits per heavy atom. The highest BCUT2D eigenvalue weighted by Crippen LogP contribution is 2.25. The second-order valence-electron chi connectivity index (χ2n) is 6.52. The SMILES string of the molecule is CC(C)(C)C1CC(C(=O)N/N=C/C=C/c2ccccc2)NN1. The molecule has 2 atom stereocenters. The number of hydrogen-bond acceptors (Lipinski definition) is 4. The van der Waals surface area contributed by atoms with E-state index in [4.69, 9.17) is 0 Å². The van der Waals surface area contributed by atoms with Crippen molar-refractivity contribution in [3.63, 3.8) is 0 Å². The highest BCUT2D eigenvalue weighted by molar-refractivity contribution is 5.84. The number of rotatable bonds is 4. The third-order valence-corrected chi connectivity index (χ3v) is 3.69. The fourth-order valence-electron chi connectivity index (χ4n) is 2.24. The molecule has 0 spiro atoms. The van der Waals surface area contributed by atoms with Gasteiger partial charge < -0.3 is 0 Å². The molecule has 1 aliphatic rings. The number of hydrazone groups is 1. The van der Waals surface area contributed by atoms with Gasteiger partial charge >= 0.3 is 0 Å². The summed E-state index contributed by atoms with van der Waals surface area (Å²) in [4.78, 5) is 12.0. The normalized spacial score (nSPS) is 22.5. The predicted octanol–water partition coefficient (Wildman–Crippen LogP) is 2.08. The summed E-state index contributed by atoms with van der Waals surface area (Å²) < 4.78 is 0. The summed E-state index contributed by atoms with van der Waals surface area (Å²) in [5.74, 6) is -0.122. The van der Waals surface area contributed by atoms with Gasteiger partial charge in [0.25, 0.3) is 5.91 Å². The topological polar surface area (TPSA) is 65.5 Å². The van der Waals surface area contributed by atoms with Crippen molar-refractivity contribution >= 4 is 18.2 Å². The maximum Gasteiger partial charge on any atom is 0.258 e. The molecule has 2 rings (SSSR count). The number of nitrogens with zero attached hydrogens (tertiary/aromatic N) is 1. The second-order valence-corrected chi connectivity index (χ2v) is 6.52. The van der Waals surface area contributed by atoms with Crippen molar-refractivity contribution in [3.8, 4) is 0 Å². The van der Waals surface area contributed by atoms with Crippen LogP contribution in [-0.2, 0) is 4.79 Å². The van der Waals surface area contributed by atoms with Crippen LogP contribution in [0.1, 0.15) is 32.8 Å². The number of hydrogen-bond donors (Lipinski definition) is 3. The van der Waals surface area contributed by atoms with Gasteiger partial charge in [0.2, 0.25) is 0 Å². The first-order valence-corrected chi connectivity index (χ1v) is 7.52. The Labute approximate surface area is 131 Å². The summed E-state index contributed by atoms with van der Waals surface area (Å²) in [6, 6.07) is 9.95. The van der Waals surface area contributed by atoms with E-state index in [1.807, 2.05) is 36.4 Å². The van der Waals surface area contributed by atoms with E-state index in [9.17, 15) is 4.79 Å². The summed E-state index contributed by atoms with van der Waals surface area (Å²) in [6.07, 6.45) is 6.06. The third-order valence-electron chi connectivity index (χ3n) is 3.69. The summed E-state index contributed by atoms with van der Waals surface area (Å²) in [7, 11) is 0. The molecule has 0 aliphatic carbocycles. The van der Waals surface area contributed by atoms with Crippen LogP contribution in [0.3, 0.4) is 0 Å². The lowest BCUT2D eigenvalue weighted by Gasteiger charge is -2.25. The van der Waals surface area contributed by atoms with Gasteiger partial charge in [-0.15, -0.1) is 0 Å². The molecule has 0 aromatic heterocycles. The molecule has 1 aromatic carbocycles. The van der Waals surface area contributed by atoms with Crippen molar-refractivity contribution in [2.24, 2.45) is 10.5 Å². The van der Waals surface area contributed by atoms with Gasteiger partial charge in [-0.1, -0.05) is 57.2 Å². The van der Waals surface area contributed by atoms with Gasteiger partial charge in [0.1, 0.15) is 6.04 Å². The highest BCUT2D eigenvalue weighted by Gasteiger charge is 2.35. The van der Waals surface area contributed by atoms with Gasteiger partial charge in [0.05, 0.1) is 0 Å². The molecule has 0 saturated carbocycles. The number of amides is 1. The van der Waals surface area contributed by atoms with Crippen LogP contribution in [0, 0.1) is 5.41 Å². The van der Waals surface area contributed by atoms with Gasteiger partial charge in [0, 0.05) is 12.3 Å². The molecule has 1 heterocycles. The monoisotopic (exact) mass is 300 g/mol. The Bertz CT molecular complexity index is 546. The minimum atomic E-state index is -0.250. The first kappa shape index (κ1) is 16.4. The van der Waals surface area contributed by atoms with Crippen molar-refractivity contribution in [1.29, 1.82) is 0 Å². The highest BCUT2D eigenvalue weighted by atomic mass is 16.2. The molecule has 118 valence electrons. The minimum absolute atomic E-state index is 0.115. The minimum Gasteiger partial charge on any atom is -0.271 e. The molecule has 1 saturated heterocycles. The Balaban J connectivity index is 1.76. The van der Waals surface area contributed by atoms with Gasteiger partial charge in [-0.2, -0.15) is 5.10 Å². The first-order chi connectivity index (χ1) is 10.5. The van der Waals surface area contributed by atoms with Crippen molar-refractivity contribution in [2.75, 3.05) is 0 Å². The summed E-state index contributed by atoms with van der Waals surface area (Å²) in [6.45, 7) is 6.46. The first-order valence-electron chi connectivity index (χ1n) is 7.52. The number of benzene rings is 1. The average molecular weight is 300 g/mol. The quantitative estimate of drug-likeness (QED) is 0.589. The molecule has 5 heteroatoms. The van der Waals surface area contributed by atoms with E-state index >= 15 is 0 Å². The molecule has 1 aromatic rings. The zero-order valence-electron chi connectivity index (χ0n) is 13.3. The molecule has 1 fully saturated rings.